The third-order valence-electron chi connectivity index (χ3n) is 6.23. The summed E-state index contributed by atoms with van der Waals surface area (Å²) in [5.74, 6) is 0.804. The molecule has 0 spiro atoms. The first-order chi connectivity index (χ1) is 14.7. The van der Waals surface area contributed by atoms with Crippen molar-refractivity contribution in [1.29, 1.82) is 0 Å². The summed E-state index contributed by atoms with van der Waals surface area (Å²) in [4.78, 5) is 0. The van der Waals surface area contributed by atoms with E-state index in [9.17, 15) is 5.11 Å². The van der Waals surface area contributed by atoms with E-state index in [0.717, 1.165) is 44.4 Å². The topological polar surface area (TPSA) is 63.9 Å². The van der Waals surface area contributed by atoms with E-state index in [1.54, 1.807) is 21.3 Å². The highest BCUT2D eigenvalue weighted by atomic mass is 16.5. The van der Waals surface area contributed by atoms with Gasteiger partial charge < -0.3 is 24.2 Å². The molecular formula is C25H25BNO4. The number of anilines is 1. The fourth-order valence-corrected chi connectivity index (χ4v) is 3.65. The molecule has 1 atom stereocenters. The first kappa shape index (κ1) is 20.0. The average Bonchev–Trinajstić information content (AvgIpc) is 3.33. The van der Waals surface area contributed by atoms with Gasteiger partial charge in [-0.1, -0.05) is 48.5 Å². The standard InChI is InChI=1S/C25H25BNO4/c1-24(2,28)25(3,4)31-26-17-12-8-11-16-20-18(29-22(16)17)13-14-19-21(20)27-23(30-19)15-9-6-5-7-10-15/h5-14,23,27-28H,1-4H3. The lowest BCUT2D eigenvalue weighted by Crippen LogP contribution is -2.49. The Labute approximate surface area is 182 Å². The molecule has 1 radical (unpaired) electrons. The molecule has 0 bridgehead atoms. The van der Waals surface area contributed by atoms with Gasteiger partial charge in [0.1, 0.15) is 16.9 Å². The van der Waals surface area contributed by atoms with E-state index in [2.05, 4.69) is 5.32 Å². The predicted molar refractivity (Wildman–Crippen MR) is 124 cm³/mol. The van der Waals surface area contributed by atoms with E-state index in [1.807, 2.05) is 74.5 Å². The van der Waals surface area contributed by atoms with E-state index in [-0.39, 0.29) is 6.23 Å². The summed E-state index contributed by atoms with van der Waals surface area (Å²) in [6, 6.07) is 19.9. The molecule has 157 valence electrons. The Morgan fingerprint density at radius 3 is 2.48 bits per heavy atom. The van der Waals surface area contributed by atoms with Gasteiger partial charge >= 0.3 is 7.48 Å². The summed E-state index contributed by atoms with van der Waals surface area (Å²) < 4.78 is 18.4. The molecule has 31 heavy (non-hydrogen) atoms. The van der Waals surface area contributed by atoms with Crippen molar-refractivity contribution in [1.82, 2.24) is 0 Å². The van der Waals surface area contributed by atoms with Gasteiger partial charge in [0.25, 0.3) is 0 Å². The molecule has 0 amide bonds. The van der Waals surface area contributed by atoms with Gasteiger partial charge in [-0.05, 0) is 45.3 Å². The van der Waals surface area contributed by atoms with Crippen molar-refractivity contribution in [2.45, 2.75) is 45.1 Å². The quantitative estimate of drug-likeness (QED) is 0.455. The molecule has 4 aromatic rings. The first-order valence-corrected chi connectivity index (χ1v) is 10.4. The Balaban J connectivity index is 1.53. The van der Waals surface area contributed by atoms with Crippen LogP contribution in [0.15, 0.2) is 65.1 Å². The van der Waals surface area contributed by atoms with E-state index in [4.69, 9.17) is 13.8 Å². The highest BCUT2D eigenvalue weighted by Crippen LogP contribution is 2.45. The number of benzene rings is 3. The molecule has 1 aliphatic heterocycles. The minimum Gasteiger partial charge on any atom is -0.464 e. The summed E-state index contributed by atoms with van der Waals surface area (Å²) in [7, 11) is 1.67. The van der Waals surface area contributed by atoms with Gasteiger partial charge in [-0.25, -0.2) is 0 Å². The number of hydrogen-bond acceptors (Lipinski definition) is 5. The maximum Gasteiger partial charge on any atom is 0.334 e. The number of para-hydroxylation sites is 1. The van der Waals surface area contributed by atoms with E-state index in [0.29, 0.717) is 0 Å². The summed E-state index contributed by atoms with van der Waals surface area (Å²) in [5.41, 5.74) is 2.57. The molecule has 3 aromatic carbocycles. The molecule has 1 aliphatic rings. The lowest BCUT2D eigenvalue weighted by atomic mass is 9.82. The van der Waals surface area contributed by atoms with Crippen LogP contribution in [0.3, 0.4) is 0 Å². The fraction of sp³-hybridized carbons (Fsp3) is 0.280. The van der Waals surface area contributed by atoms with Gasteiger partial charge in [0.05, 0.1) is 22.3 Å². The summed E-state index contributed by atoms with van der Waals surface area (Å²) >= 11 is 0. The van der Waals surface area contributed by atoms with Crippen LogP contribution in [0.2, 0.25) is 0 Å². The van der Waals surface area contributed by atoms with Crippen molar-refractivity contribution in [2.24, 2.45) is 0 Å². The Kier molecular flexibility index (Phi) is 4.54. The number of rotatable bonds is 5. The molecule has 2 N–H and O–H groups in total. The van der Waals surface area contributed by atoms with Gasteiger partial charge in [0.2, 0.25) is 0 Å². The Hall–Kier alpha value is -2.96. The normalized spacial score (nSPS) is 16.2. The highest BCUT2D eigenvalue weighted by molar-refractivity contribution is 6.51. The van der Waals surface area contributed by atoms with E-state index in [1.165, 1.54) is 0 Å². The van der Waals surface area contributed by atoms with Crippen molar-refractivity contribution in [3.8, 4) is 5.75 Å². The van der Waals surface area contributed by atoms with Gasteiger partial charge in [-0.15, -0.1) is 0 Å². The lowest BCUT2D eigenvalue weighted by molar-refractivity contribution is -0.0893. The molecule has 0 saturated heterocycles. The van der Waals surface area contributed by atoms with Crippen molar-refractivity contribution in [3.05, 3.63) is 66.2 Å². The van der Waals surface area contributed by atoms with E-state index >= 15 is 0 Å². The molecule has 0 aliphatic carbocycles. The lowest BCUT2D eigenvalue weighted by Gasteiger charge is -2.37. The van der Waals surface area contributed by atoms with Crippen LogP contribution < -0.4 is 15.5 Å². The molecule has 0 fully saturated rings. The maximum absolute atomic E-state index is 10.4. The first-order valence-electron chi connectivity index (χ1n) is 10.4. The van der Waals surface area contributed by atoms with Crippen LogP contribution in [0.4, 0.5) is 5.69 Å². The summed E-state index contributed by atoms with van der Waals surface area (Å²) in [6.07, 6.45) is -0.239. The Morgan fingerprint density at radius 2 is 1.74 bits per heavy atom. The number of aliphatic hydroxyl groups is 1. The fourth-order valence-electron chi connectivity index (χ4n) is 3.65. The molecule has 1 aromatic heterocycles. The van der Waals surface area contributed by atoms with Crippen LogP contribution in [-0.4, -0.2) is 23.8 Å². The van der Waals surface area contributed by atoms with Crippen LogP contribution >= 0.6 is 0 Å². The van der Waals surface area contributed by atoms with Crippen molar-refractivity contribution in [3.63, 3.8) is 0 Å². The number of nitrogens with one attached hydrogen (secondary N) is 1. The van der Waals surface area contributed by atoms with Crippen LogP contribution in [0.5, 0.6) is 5.75 Å². The minimum atomic E-state index is -1.00. The molecule has 2 heterocycles. The predicted octanol–water partition coefficient (Wildman–Crippen LogP) is 4.90. The largest absolute Gasteiger partial charge is 0.464 e. The monoisotopic (exact) mass is 414 g/mol. The molecule has 5 rings (SSSR count). The van der Waals surface area contributed by atoms with Gasteiger partial charge in [0.15, 0.2) is 6.23 Å². The second kappa shape index (κ2) is 7.04. The average molecular weight is 414 g/mol. The van der Waals surface area contributed by atoms with Crippen molar-refractivity contribution < 1.29 is 18.9 Å². The van der Waals surface area contributed by atoms with Crippen molar-refractivity contribution >= 4 is 40.6 Å². The molecule has 6 heteroatoms. The summed E-state index contributed by atoms with van der Waals surface area (Å²) in [5, 5.41) is 15.9. The second-order valence-corrected chi connectivity index (χ2v) is 9.00. The van der Waals surface area contributed by atoms with Gasteiger partial charge in [-0.2, -0.15) is 0 Å². The number of ether oxygens (including phenoxy) is 1. The molecular weight excluding hydrogens is 389 g/mol. The van der Waals surface area contributed by atoms with Crippen molar-refractivity contribution in [2.75, 3.05) is 5.32 Å². The zero-order valence-electron chi connectivity index (χ0n) is 18.1. The zero-order valence-corrected chi connectivity index (χ0v) is 18.1. The van der Waals surface area contributed by atoms with Gasteiger partial charge in [-0.3, -0.25) is 0 Å². The minimum absolute atomic E-state index is 0.239. The second-order valence-electron chi connectivity index (χ2n) is 9.00. The number of hydrogen-bond donors (Lipinski definition) is 2. The number of fused-ring (bicyclic) bond motifs is 5. The van der Waals surface area contributed by atoms with Gasteiger partial charge in [0, 0.05) is 10.9 Å². The third kappa shape index (κ3) is 3.36. The number of furan rings is 1. The van der Waals surface area contributed by atoms with Crippen LogP contribution in [-0.2, 0) is 4.65 Å². The Morgan fingerprint density at radius 1 is 0.968 bits per heavy atom. The Bertz CT molecular complexity index is 1260. The molecule has 1 unspecified atom stereocenters. The van der Waals surface area contributed by atoms with Crippen LogP contribution in [0, 0.1) is 0 Å². The highest BCUT2D eigenvalue weighted by Gasteiger charge is 2.36. The molecule has 5 nitrogen and oxygen atoms in total. The zero-order chi connectivity index (χ0) is 21.8. The SMILES string of the molecule is CC(C)(O)C(C)(C)O[B]c1cccc2c1oc1ccc3c(c12)NC(c1ccccc1)O3. The smallest absolute Gasteiger partial charge is 0.334 e. The van der Waals surface area contributed by atoms with Crippen LogP contribution in [0.25, 0.3) is 21.9 Å². The van der Waals surface area contributed by atoms with Crippen LogP contribution in [0.1, 0.15) is 39.5 Å². The summed E-state index contributed by atoms with van der Waals surface area (Å²) in [6.45, 7) is 7.20. The maximum atomic E-state index is 10.4. The molecule has 0 saturated carbocycles. The van der Waals surface area contributed by atoms with E-state index < -0.39 is 11.2 Å². The third-order valence-corrected chi connectivity index (χ3v) is 6.23.